The molecule has 2 fully saturated rings. The largest absolute Gasteiger partial charge is 0.469 e. The lowest BCUT2D eigenvalue weighted by atomic mass is 9.89. The number of hydrogen-bond donors (Lipinski definition) is 1. The highest BCUT2D eigenvalue weighted by Gasteiger charge is 2.32. The molecule has 1 N–H and O–H groups in total. The first-order chi connectivity index (χ1) is 10.0. The van der Waals surface area contributed by atoms with Crippen molar-refractivity contribution in [2.45, 2.75) is 44.6 Å². The number of ether oxygens (including phenoxy) is 1. The molecule has 7 heteroatoms. The lowest BCUT2D eigenvalue weighted by Crippen LogP contribution is -2.44. The van der Waals surface area contributed by atoms with E-state index in [-0.39, 0.29) is 18.1 Å². The summed E-state index contributed by atoms with van der Waals surface area (Å²) < 4.78 is 30.6. The molecule has 1 atom stereocenters. The second kappa shape index (κ2) is 7.56. The van der Waals surface area contributed by atoms with Gasteiger partial charge in [0.1, 0.15) is 0 Å². The van der Waals surface area contributed by atoms with Crippen molar-refractivity contribution in [1.29, 1.82) is 0 Å². The van der Waals surface area contributed by atoms with Crippen LogP contribution < -0.4 is 5.32 Å². The fraction of sp³-hybridized carbons (Fsp3) is 0.929. The van der Waals surface area contributed by atoms with Crippen LogP contribution in [0.15, 0.2) is 0 Å². The summed E-state index contributed by atoms with van der Waals surface area (Å²) in [7, 11) is -1.91. The Bertz CT molecular complexity index is 438. The van der Waals surface area contributed by atoms with Crippen molar-refractivity contribution in [3.8, 4) is 0 Å². The highest BCUT2D eigenvalue weighted by molar-refractivity contribution is 7.89. The van der Waals surface area contributed by atoms with Crippen LogP contribution in [0.5, 0.6) is 0 Å². The number of esters is 1. The highest BCUT2D eigenvalue weighted by atomic mass is 32.2. The van der Waals surface area contributed by atoms with Gasteiger partial charge in [-0.05, 0) is 44.6 Å². The normalized spacial score (nSPS) is 25.1. The van der Waals surface area contributed by atoms with Gasteiger partial charge in [-0.2, -0.15) is 0 Å². The first-order valence-electron chi connectivity index (χ1n) is 7.81. The van der Waals surface area contributed by atoms with E-state index in [9.17, 15) is 13.2 Å². The van der Waals surface area contributed by atoms with E-state index in [1.165, 1.54) is 20.0 Å². The molecule has 2 saturated heterocycles. The highest BCUT2D eigenvalue weighted by Crippen LogP contribution is 2.27. The Morgan fingerprint density at radius 2 is 2.00 bits per heavy atom. The summed E-state index contributed by atoms with van der Waals surface area (Å²) in [5, 5.41) is 3.51. The van der Waals surface area contributed by atoms with Crippen molar-refractivity contribution in [1.82, 2.24) is 9.62 Å². The van der Waals surface area contributed by atoms with Crippen LogP contribution in [0.2, 0.25) is 0 Å². The minimum atomic E-state index is -3.23. The van der Waals surface area contributed by atoms with Crippen molar-refractivity contribution in [2.75, 3.05) is 32.5 Å². The van der Waals surface area contributed by atoms with Crippen molar-refractivity contribution >= 4 is 16.0 Å². The number of nitrogens with zero attached hydrogens (tertiary/aromatic N) is 1. The molecule has 6 nitrogen and oxygen atoms in total. The zero-order chi connectivity index (χ0) is 15.3. The van der Waals surface area contributed by atoms with Gasteiger partial charge >= 0.3 is 5.97 Å². The van der Waals surface area contributed by atoms with Crippen molar-refractivity contribution in [3.05, 3.63) is 0 Å². The van der Waals surface area contributed by atoms with Crippen LogP contribution in [0.25, 0.3) is 0 Å². The molecule has 0 radical (unpaired) electrons. The molecule has 2 aliphatic rings. The summed E-state index contributed by atoms with van der Waals surface area (Å²) in [6.45, 7) is 2.32. The van der Waals surface area contributed by atoms with Crippen molar-refractivity contribution in [3.63, 3.8) is 0 Å². The number of hydrogen-bond acceptors (Lipinski definition) is 5. The second-order valence-electron chi connectivity index (χ2n) is 5.94. The van der Waals surface area contributed by atoms with Gasteiger partial charge in [-0.15, -0.1) is 0 Å². The molecule has 0 amide bonds. The summed E-state index contributed by atoms with van der Waals surface area (Å²) in [6.07, 6.45) is 4.83. The zero-order valence-electron chi connectivity index (χ0n) is 12.7. The number of sulfonamides is 1. The fourth-order valence-electron chi connectivity index (χ4n) is 3.30. The van der Waals surface area contributed by atoms with E-state index in [0.29, 0.717) is 31.5 Å². The predicted molar refractivity (Wildman–Crippen MR) is 80.4 cm³/mol. The average Bonchev–Trinajstić information content (AvgIpc) is 3.01. The van der Waals surface area contributed by atoms with Gasteiger partial charge in [0.2, 0.25) is 10.0 Å². The molecule has 122 valence electrons. The summed E-state index contributed by atoms with van der Waals surface area (Å²) in [6, 6.07) is 0.578. The lowest BCUT2D eigenvalue weighted by molar-refractivity contribution is -0.140. The standard InChI is InChI=1S/C14H26N2O4S/c1-20-14(17)5-3-11-21(18,19)16-9-6-12(7-10-16)13-4-2-8-15-13/h12-13,15H,2-11H2,1H3. The van der Waals surface area contributed by atoms with Gasteiger partial charge in [0.05, 0.1) is 12.9 Å². The molecule has 2 aliphatic heterocycles. The Labute approximate surface area is 127 Å². The third-order valence-electron chi connectivity index (χ3n) is 4.57. The van der Waals surface area contributed by atoms with Crippen LogP contribution in [-0.2, 0) is 19.6 Å². The van der Waals surface area contributed by atoms with E-state index in [1.54, 1.807) is 4.31 Å². The summed E-state index contributed by atoms with van der Waals surface area (Å²) in [5.74, 6) is 0.291. The number of carbonyl (C=O) groups is 1. The Hall–Kier alpha value is -0.660. The van der Waals surface area contributed by atoms with E-state index in [2.05, 4.69) is 10.1 Å². The third-order valence-corrected chi connectivity index (χ3v) is 6.53. The topological polar surface area (TPSA) is 75.7 Å². The smallest absolute Gasteiger partial charge is 0.305 e. The zero-order valence-corrected chi connectivity index (χ0v) is 13.5. The predicted octanol–water partition coefficient (Wildman–Crippen LogP) is 0.733. The molecule has 21 heavy (non-hydrogen) atoms. The van der Waals surface area contributed by atoms with Gasteiger partial charge in [-0.25, -0.2) is 12.7 Å². The van der Waals surface area contributed by atoms with Crippen LogP contribution in [0, 0.1) is 5.92 Å². The number of rotatable bonds is 6. The minimum absolute atomic E-state index is 0.0362. The Morgan fingerprint density at radius 1 is 1.29 bits per heavy atom. The Morgan fingerprint density at radius 3 is 2.57 bits per heavy atom. The molecule has 1 unspecified atom stereocenters. The maximum atomic E-state index is 12.2. The first-order valence-corrected chi connectivity index (χ1v) is 9.42. The van der Waals surface area contributed by atoms with E-state index < -0.39 is 10.0 Å². The molecule has 0 spiro atoms. The summed E-state index contributed by atoms with van der Waals surface area (Å²) in [4.78, 5) is 11.0. The molecular weight excluding hydrogens is 292 g/mol. The molecule has 0 aliphatic carbocycles. The van der Waals surface area contributed by atoms with Crippen LogP contribution in [0.3, 0.4) is 0 Å². The van der Waals surface area contributed by atoms with E-state index in [4.69, 9.17) is 0 Å². The summed E-state index contributed by atoms with van der Waals surface area (Å²) in [5.41, 5.74) is 0. The van der Waals surface area contributed by atoms with Crippen LogP contribution in [-0.4, -0.2) is 57.2 Å². The van der Waals surface area contributed by atoms with E-state index in [1.807, 2.05) is 0 Å². The molecular formula is C14H26N2O4S. The van der Waals surface area contributed by atoms with E-state index in [0.717, 1.165) is 19.4 Å². The van der Waals surface area contributed by atoms with Gasteiger partial charge in [0, 0.05) is 25.6 Å². The maximum Gasteiger partial charge on any atom is 0.305 e. The molecule has 0 saturated carbocycles. The average molecular weight is 318 g/mol. The van der Waals surface area contributed by atoms with Crippen molar-refractivity contribution < 1.29 is 17.9 Å². The lowest BCUT2D eigenvalue weighted by Gasteiger charge is -2.34. The molecule has 0 aromatic carbocycles. The first kappa shape index (κ1) is 16.7. The quantitative estimate of drug-likeness (QED) is 0.731. The number of methoxy groups -OCH3 is 1. The molecule has 0 bridgehead atoms. The minimum Gasteiger partial charge on any atom is -0.469 e. The SMILES string of the molecule is COC(=O)CCCS(=O)(=O)N1CCC(C2CCCN2)CC1. The van der Waals surface area contributed by atoms with Gasteiger partial charge in [-0.3, -0.25) is 4.79 Å². The number of nitrogens with one attached hydrogen (secondary N) is 1. The maximum absolute atomic E-state index is 12.2. The van der Waals surface area contributed by atoms with Gasteiger partial charge in [-0.1, -0.05) is 0 Å². The van der Waals surface area contributed by atoms with Gasteiger partial charge < -0.3 is 10.1 Å². The Kier molecular flexibility index (Phi) is 6.01. The molecule has 2 heterocycles. The van der Waals surface area contributed by atoms with Crippen LogP contribution in [0.4, 0.5) is 0 Å². The van der Waals surface area contributed by atoms with Crippen molar-refractivity contribution in [2.24, 2.45) is 5.92 Å². The fourth-order valence-corrected chi connectivity index (χ4v) is 4.83. The van der Waals surface area contributed by atoms with E-state index >= 15 is 0 Å². The van der Waals surface area contributed by atoms with Gasteiger partial charge in [0.25, 0.3) is 0 Å². The molecule has 2 rings (SSSR count). The molecule has 0 aromatic rings. The van der Waals surface area contributed by atoms with Crippen LogP contribution >= 0.6 is 0 Å². The number of carbonyl (C=O) groups excluding carboxylic acids is 1. The second-order valence-corrected chi connectivity index (χ2v) is 8.02. The molecule has 0 aromatic heterocycles. The Balaban J connectivity index is 1.76. The monoisotopic (exact) mass is 318 g/mol. The number of piperidine rings is 1. The van der Waals surface area contributed by atoms with Gasteiger partial charge in [0.15, 0.2) is 0 Å². The van der Waals surface area contributed by atoms with Crippen LogP contribution in [0.1, 0.15) is 38.5 Å². The summed E-state index contributed by atoms with van der Waals surface area (Å²) >= 11 is 0. The third kappa shape index (κ3) is 4.66.